The van der Waals surface area contributed by atoms with Crippen LogP contribution in [0.4, 0.5) is 11.4 Å². The molecule has 0 spiro atoms. The lowest BCUT2D eigenvalue weighted by atomic mass is 9.94. The first-order valence-corrected chi connectivity index (χ1v) is 20.5. The van der Waals surface area contributed by atoms with Gasteiger partial charge in [0, 0.05) is 37.7 Å². The largest absolute Gasteiger partial charge is 0.497 e. The Balaban J connectivity index is 0.865. The van der Waals surface area contributed by atoms with Gasteiger partial charge in [0.25, 0.3) is 11.8 Å². The first-order valence-electron chi connectivity index (χ1n) is 20.5. The minimum atomic E-state index is -0.196. The summed E-state index contributed by atoms with van der Waals surface area (Å²) in [5, 5.41) is 0. The summed E-state index contributed by atoms with van der Waals surface area (Å²) < 4.78 is 34.7. The monoisotopic (exact) mass is 830 g/mol. The molecule has 0 saturated carbocycles. The molecule has 0 fully saturated rings. The maximum absolute atomic E-state index is 13.9. The number of aliphatic imine (C=N–C) groups is 2. The Morgan fingerprint density at radius 3 is 1.37 bits per heavy atom. The standard InChI is InChI=1S/C50H46N4O8/c1-57-39-12-8-33(9-13-39)35-16-18-53-37(21-35)27-51-43-25-47(45(59-3)23-41(43)49(53)55)61-29-31-6-5-7-32(20-31)30-62-48-26-44-42(24-46(48)60-4)50(56)54-19-17-36(22-38(54)28-52-44)34-10-14-40(58-2)15-11-34/h5-17,20,23-28,37-38H,18-19,21-22,29-30H2,1-4H3/t37-,38-/m0/s1. The van der Waals surface area contributed by atoms with Gasteiger partial charge in [-0.2, -0.15) is 0 Å². The number of benzene rings is 5. The van der Waals surface area contributed by atoms with Gasteiger partial charge in [-0.3, -0.25) is 19.6 Å². The van der Waals surface area contributed by atoms with Crippen molar-refractivity contribution in [3.8, 4) is 34.5 Å². The molecule has 5 aromatic carbocycles. The number of rotatable bonds is 12. The first kappa shape index (κ1) is 40.1. The topological polar surface area (TPSA) is 121 Å². The number of fused-ring (bicyclic) bond motifs is 4. The van der Waals surface area contributed by atoms with Crippen molar-refractivity contribution in [1.82, 2.24) is 9.80 Å². The maximum atomic E-state index is 13.9. The molecule has 0 N–H and O–H groups in total. The number of carbonyl (C=O) groups excluding carboxylic acids is 2. The van der Waals surface area contributed by atoms with E-state index in [0.717, 1.165) is 44.9 Å². The van der Waals surface area contributed by atoms with Crippen LogP contribution < -0.4 is 28.4 Å². The van der Waals surface area contributed by atoms with E-state index in [1.807, 2.05) is 95.0 Å². The maximum Gasteiger partial charge on any atom is 0.257 e. The molecule has 12 heteroatoms. The van der Waals surface area contributed by atoms with E-state index in [1.165, 1.54) is 0 Å². The molecule has 314 valence electrons. The zero-order valence-electron chi connectivity index (χ0n) is 35.0. The van der Waals surface area contributed by atoms with Gasteiger partial charge in [0.05, 0.1) is 63.0 Å². The van der Waals surface area contributed by atoms with E-state index in [1.54, 1.807) is 52.7 Å². The molecule has 12 nitrogen and oxygen atoms in total. The average Bonchev–Trinajstić information content (AvgIpc) is 3.55. The Hall–Kier alpha value is -7.34. The van der Waals surface area contributed by atoms with Gasteiger partial charge in [0.1, 0.15) is 24.7 Å². The highest BCUT2D eigenvalue weighted by molar-refractivity contribution is 6.05. The van der Waals surface area contributed by atoms with Crippen LogP contribution in [0.15, 0.2) is 119 Å². The van der Waals surface area contributed by atoms with Gasteiger partial charge >= 0.3 is 0 Å². The van der Waals surface area contributed by atoms with Gasteiger partial charge in [0.15, 0.2) is 23.0 Å². The molecular formula is C50H46N4O8. The van der Waals surface area contributed by atoms with Crippen LogP contribution in [-0.4, -0.2) is 87.7 Å². The molecule has 4 aliphatic heterocycles. The highest BCUT2D eigenvalue weighted by Crippen LogP contribution is 2.41. The molecule has 62 heavy (non-hydrogen) atoms. The second kappa shape index (κ2) is 17.3. The second-order valence-corrected chi connectivity index (χ2v) is 15.4. The van der Waals surface area contributed by atoms with Crippen molar-refractivity contribution >= 4 is 46.8 Å². The summed E-state index contributed by atoms with van der Waals surface area (Å²) in [7, 11) is 6.42. The second-order valence-electron chi connectivity index (χ2n) is 15.4. The minimum absolute atomic E-state index is 0.109. The lowest BCUT2D eigenvalue weighted by Gasteiger charge is -2.32. The van der Waals surface area contributed by atoms with E-state index in [9.17, 15) is 9.59 Å². The smallest absolute Gasteiger partial charge is 0.257 e. The Morgan fingerprint density at radius 1 is 0.532 bits per heavy atom. The van der Waals surface area contributed by atoms with Crippen molar-refractivity contribution in [2.24, 2.45) is 9.98 Å². The predicted octanol–water partition coefficient (Wildman–Crippen LogP) is 8.91. The number of carbonyl (C=O) groups is 2. The summed E-state index contributed by atoms with van der Waals surface area (Å²) in [6.45, 7) is 1.40. The molecule has 0 bridgehead atoms. The SMILES string of the molecule is COc1ccc(C2=CCN3C(=O)c4cc(OC)c(OCc5cccc(COc6cc7c(cc6OC)C(=O)N6CC=C(c8ccc(OC)cc8)C[C@H]6C=N7)c5)cc4N=C[C@@H]3C2)cc1. The van der Waals surface area contributed by atoms with Crippen LogP contribution in [0.3, 0.4) is 0 Å². The molecule has 4 aliphatic rings. The van der Waals surface area contributed by atoms with Crippen LogP contribution in [0.25, 0.3) is 11.1 Å². The molecule has 0 aromatic heterocycles. The number of hydrogen-bond acceptors (Lipinski definition) is 10. The van der Waals surface area contributed by atoms with Crippen LogP contribution >= 0.6 is 0 Å². The lowest BCUT2D eigenvalue weighted by Crippen LogP contribution is -2.43. The van der Waals surface area contributed by atoms with Crippen molar-refractivity contribution < 1.29 is 38.0 Å². The minimum Gasteiger partial charge on any atom is -0.497 e. The van der Waals surface area contributed by atoms with Crippen molar-refractivity contribution in [2.45, 2.75) is 38.1 Å². The van der Waals surface area contributed by atoms with E-state index in [-0.39, 0.29) is 37.1 Å². The first-order chi connectivity index (χ1) is 30.3. The highest BCUT2D eigenvalue weighted by atomic mass is 16.5. The predicted molar refractivity (Wildman–Crippen MR) is 238 cm³/mol. The Bertz CT molecular complexity index is 2470. The van der Waals surface area contributed by atoms with Crippen LogP contribution in [0.1, 0.15) is 55.8 Å². The summed E-state index contributed by atoms with van der Waals surface area (Å²) in [5.74, 6) is 3.21. The molecule has 2 atom stereocenters. The van der Waals surface area contributed by atoms with Crippen molar-refractivity contribution in [3.05, 3.63) is 143 Å². The van der Waals surface area contributed by atoms with Crippen LogP contribution in [0, 0.1) is 0 Å². The normalized spacial score (nSPS) is 17.6. The summed E-state index contributed by atoms with van der Waals surface area (Å²) in [6, 6.07) is 30.4. The van der Waals surface area contributed by atoms with Crippen molar-refractivity contribution in [2.75, 3.05) is 41.5 Å². The van der Waals surface area contributed by atoms with Gasteiger partial charge < -0.3 is 38.2 Å². The zero-order valence-corrected chi connectivity index (χ0v) is 35.0. The quantitative estimate of drug-likeness (QED) is 0.122. The Morgan fingerprint density at radius 2 is 0.968 bits per heavy atom. The molecule has 9 rings (SSSR count). The van der Waals surface area contributed by atoms with Gasteiger partial charge in [-0.25, -0.2) is 0 Å². The average molecular weight is 831 g/mol. The number of amides is 2. The summed E-state index contributed by atoms with van der Waals surface area (Å²) in [4.78, 5) is 41.0. The van der Waals surface area contributed by atoms with Crippen LogP contribution in [0.5, 0.6) is 34.5 Å². The van der Waals surface area contributed by atoms with Crippen LogP contribution in [0.2, 0.25) is 0 Å². The molecule has 0 radical (unpaired) electrons. The van der Waals surface area contributed by atoms with Gasteiger partial charge in [0.2, 0.25) is 0 Å². The molecule has 0 aliphatic carbocycles. The molecular weight excluding hydrogens is 785 g/mol. The fourth-order valence-corrected chi connectivity index (χ4v) is 8.31. The fourth-order valence-electron chi connectivity index (χ4n) is 8.31. The van der Waals surface area contributed by atoms with E-state index in [0.29, 0.717) is 71.4 Å². The van der Waals surface area contributed by atoms with Gasteiger partial charge in [-0.1, -0.05) is 54.6 Å². The summed E-state index contributed by atoms with van der Waals surface area (Å²) in [5.41, 5.74) is 8.29. The Labute approximate surface area is 360 Å². The molecule has 0 unspecified atom stereocenters. The van der Waals surface area contributed by atoms with Gasteiger partial charge in [-0.15, -0.1) is 0 Å². The summed E-state index contributed by atoms with van der Waals surface area (Å²) in [6.07, 6.45) is 9.20. The van der Waals surface area contributed by atoms with E-state index >= 15 is 0 Å². The van der Waals surface area contributed by atoms with Gasteiger partial charge in [-0.05, 0) is 88.7 Å². The number of hydrogen-bond donors (Lipinski definition) is 0. The third kappa shape index (κ3) is 7.99. The third-order valence-corrected chi connectivity index (χ3v) is 11.7. The Kier molecular flexibility index (Phi) is 11.2. The highest BCUT2D eigenvalue weighted by Gasteiger charge is 2.34. The van der Waals surface area contributed by atoms with E-state index < -0.39 is 0 Å². The molecule has 5 aromatic rings. The third-order valence-electron chi connectivity index (χ3n) is 11.7. The summed E-state index contributed by atoms with van der Waals surface area (Å²) >= 11 is 0. The van der Waals surface area contributed by atoms with Crippen molar-refractivity contribution in [3.63, 3.8) is 0 Å². The molecule has 0 saturated heterocycles. The number of methoxy groups -OCH3 is 4. The molecule has 2 amide bonds. The van der Waals surface area contributed by atoms with Crippen LogP contribution in [-0.2, 0) is 13.2 Å². The fraction of sp³-hybridized carbons (Fsp3) is 0.240. The lowest BCUT2D eigenvalue weighted by molar-refractivity contribution is 0.0740. The zero-order chi connectivity index (χ0) is 42.7. The molecule has 4 heterocycles. The van der Waals surface area contributed by atoms with Crippen molar-refractivity contribution in [1.29, 1.82) is 0 Å². The number of ether oxygens (including phenoxy) is 6. The number of nitrogens with zero attached hydrogens (tertiary/aromatic N) is 4. The van der Waals surface area contributed by atoms with E-state index in [4.69, 9.17) is 38.4 Å². The van der Waals surface area contributed by atoms with E-state index in [2.05, 4.69) is 12.2 Å².